The Labute approximate surface area is 179 Å². The zero-order valence-electron chi connectivity index (χ0n) is 17.8. The van der Waals surface area contributed by atoms with Crippen LogP contribution in [0, 0.1) is 0 Å². The van der Waals surface area contributed by atoms with Gasteiger partial charge in [-0.1, -0.05) is 51.1 Å². The van der Waals surface area contributed by atoms with Crippen LogP contribution >= 0.6 is 0 Å². The molecule has 7 heteroatoms. The van der Waals surface area contributed by atoms with Gasteiger partial charge in [-0.05, 0) is 36.6 Å². The molecule has 0 aromatic heterocycles. The molecule has 6 nitrogen and oxygen atoms in total. The number of carbonyl (C=O) groups excluding carboxylic acids is 1. The molecule has 2 aromatic rings. The number of rotatable bonds is 9. The van der Waals surface area contributed by atoms with Gasteiger partial charge in [0, 0.05) is 31.1 Å². The Balaban J connectivity index is 1.62. The maximum absolute atomic E-state index is 12.8. The molecule has 0 radical (unpaired) electrons. The van der Waals surface area contributed by atoms with Crippen molar-refractivity contribution in [2.45, 2.75) is 50.5 Å². The predicted octanol–water partition coefficient (Wildman–Crippen LogP) is 3.33. The van der Waals surface area contributed by atoms with Crippen LogP contribution in [-0.4, -0.2) is 44.4 Å². The Hall–Kier alpha value is -2.38. The number of ether oxygens (including phenoxy) is 1. The van der Waals surface area contributed by atoms with Crippen molar-refractivity contribution in [1.82, 2.24) is 9.62 Å². The number of nitrogens with zero attached hydrogens (tertiary/aromatic N) is 1. The highest BCUT2D eigenvalue weighted by Crippen LogP contribution is 2.39. The first-order valence-electron chi connectivity index (χ1n) is 10.5. The lowest BCUT2D eigenvalue weighted by atomic mass is 9.97. The Morgan fingerprint density at radius 3 is 2.47 bits per heavy atom. The molecular formula is C23H30N2O4S. The minimum Gasteiger partial charge on any atom is -0.480 e. The van der Waals surface area contributed by atoms with Gasteiger partial charge < -0.3 is 10.1 Å². The highest BCUT2D eigenvalue weighted by molar-refractivity contribution is 7.89. The van der Waals surface area contributed by atoms with Gasteiger partial charge in [-0.25, -0.2) is 8.42 Å². The molecule has 2 aromatic carbocycles. The SMILES string of the molecule is CCN(CC)S(=O)(=O)c1ccc2c(c1)C(C)C(C(=O)NCCCc1ccccc1)O2. The predicted molar refractivity (Wildman–Crippen MR) is 117 cm³/mol. The Kier molecular flexibility index (Phi) is 7.15. The van der Waals surface area contributed by atoms with Gasteiger partial charge in [0.05, 0.1) is 4.90 Å². The first-order chi connectivity index (χ1) is 14.4. The molecule has 1 aliphatic heterocycles. The van der Waals surface area contributed by atoms with E-state index in [0.717, 1.165) is 18.4 Å². The minimum atomic E-state index is -3.55. The van der Waals surface area contributed by atoms with Gasteiger partial charge >= 0.3 is 0 Å². The molecule has 1 N–H and O–H groups in total. The van der Waals surface area contributed by atoms with Crippen LogP contribution in [0.1, 0.15) is 44.2 Å². The summed E-state index contributed by atoms with van der Waals surface area (Å²) < 4.78 is 32.9. The fourth-order valence-electron chi connectivity index (χ4n) is 3.79. The zero-order valence-corrected chi connectivity index (χ0v) is 18.6. The largest absolute Gasteiger partial charge is 0.480 e. The number of benzene rings is 2. The lowest BCUT2D eigenvalue weighted by molar-refractivity contribution is -0.127. The van der Waals surface area contributed by atoms with Gasteiger partial charge in [0.1, 0.15) is 5.75 Å². The van der Waals surface area contributed by atoms with E-state index in [-0.39, 0.29) is 16.7 Å². The molecule has 0 saturated heterocycles. The van der Waals surface area contributed by atoms with Crippen LogP contribution in [0.4, 0.5) is 0 Å². The summed E-state index contributed by atoms with van der Waals surface area (Å²) in [5, 5.41) is 2.95. The van der Waals surface area contributed by atoms with Gasteiger partial charge in [0.15, 0.2) is 6.10 Å². The maximum Gasteiger partial charge on any atom is 0.261 e. The normalized spacial score (nSPS) is 18.1. The third-order valence-electron chi connectivity index (χ3n) is 5.57. The van der Waals surface area contributed by atoms with E-state index in [1.165, 1.54) is 9.87 Å². The third-order valence-corrected chi connectivity index (χ3v) is 7.61. The van der Waals surface area contributed by atoms with E-state index in [9.17, 15) is 13.2 Å². The molecule has 0 saturated carbocycles. The minimum absolute atomic E-state index is 0.167. The number of fused-ring (bicyclic) bond motifs is 1. The zero-order chi connectivity index (χ0) is 21.7. The lowest BCUT2D eigenvalue weighted by Gasteiger charge is -2.19. The maximum atomic E-state index is 12.8. The van der Waals surface area contributed by atoms with E-state index in [1.807, 2.05) is 39.0 Å². The highest BCUT2D eigenvalue weighted by Gasteiger charge is 2.37. The van der Waals surface area contributed by atoms with Crippen molar-refractivity contribution in [3.05, 3.63) is 59.7 Å². The van der Waals surface area contributed by atoms with E-state index in [0.29, 0.717) is 25.4 Å². The average molecular weight is 431 g/mol. The summed E-state index contributed by atoms with van der Waals surface area (Å²) in [5.74, 6) is 0.186. The van der Waals surface area contributed by atoms with Crippen molar-refractivity contribution < 1.29 is 17.9 Å². The quantitative estimate of drug-likeness (QED) is 0.619. The van der Waals surface area contributed by atoms with E-state index in [1.54, 1.807) is 18.2 Å². The van der Waals surface area contributed by atoms with Crippen LogP contribution in [0.3, 0.4) is 0 Å². The molecule has 3 rings (SSSR count). The van der Waals surface area contributed by atoms with Gasteiger partial charge in [0.2, 0.25) is 10.0 Å². The van der Waals surface area contributed by atoms with Gasteiger partial charge in [-0.3, -0.25) is 4.79 Å². The molecule has 1 amide bonds. The van der Waals surface area contributed by atoms with E-state index >= 15 is 0 Å². The second-order valence-electron chi connectivity index (χ2n) is 7.50. The third kappa shape index (κ3) is 4.68. The first-order valence-corrected chi connectivity index (χ1v) is 11.9. The topological polar surface area (TPSA) is 75.7 Å². The standard InChI is InChI=1S/C23H30N2O4S/c1-4-25(5-2)30(27,28)19-13-14-21-20(16-19)17(3)22(29-21)23(26)24-15-9-12-18-10-7-6-8-11-18/h6-8,10-11,13-14,16-17,22H,4-5,9,12,15H2,1-3H3,(H,24,26). The number of aryl methyl sites for hydroxylation is 1. The van der Waals surface area contributed by atoms with Crippen LogP contribution in [-0.2, 0) is 21.2 Å². The molecule has 0 fully saturated rings. The second-order valence-corrected chi connectivity index (χ2v) is 9.43. The summed E-state index contributed by atoms with van der Waals surface area (Å²) in [7, 11) is -3.55. The van der Waals surface area contributed by atoms with Crippen LogP contribution in [0.2, 0.25) is 0 Å². The van der Waals surface area contributed by atoms with E-state index < -0.39 is 16.1 Å². The van der Waals surface area contributed by atoms with Crippen molar-refractivity contribution >= 4 is 15.9 Å². The number of nitrogens with one attached hydrogen (secondary N) is 1. The fraction of sp³-hybridized carbons (Fsp3) is 0.435. The van der Waals surface area contributed by atoms with Crippen molar-refractivity contribution in [2.24, 2.45) is 0 Å². The average Bonchev–Trinajstić information content (AvgIpc) is 3.08. The van der Waals surface area contributed by atoms with Gasteiger partial charge in [-0.15, -0.1) is 0 Å². The number of carbonyl (C=O) groups is 1. The summed E-state index contributed by atoms with van der Waals surface area (Å²) in [5.41, 5.74) is 2.00. The fourth-order valence-corrected chi connectivity index (χ4v) is 5.29. The van der Waals surface area contributed by atoms with E-state index in [4.69, 9.17) is 4.74 Å². The number of sulfonamides is 1. The summed E-state index contributed by atoms with van der Waals surface area (Å²) in [6.45, 7) is 6.93. The molecule has 1 heterocycles. The Bertz CT molecular complexity index is 972. The molecule has 0 spiro atoms. The summed E-state index contributed by atoms with van der Waals surface area (Å²) in [6.07, 6.45) is 1.09. The van der Waals surface area contributed by atoms with Crippen LogP contribution in [0.15, 0.2) is 53.4 Å². The molecule has 0 bridgehead atoms. The van der Waals surface area contributed by atoms with Gasteiger partial charge in [0.25, 0.3) is 5.91 Å². The number of amides is 1. The van der Waals surface area contributed by atoms with Crippen LogP contribution < -0.4 is 10.1 Å². The van der Waals surface area contributed by atoms with Gasteiger partial charge in [-0.2, -0.15) is 4.31 Å². The second kappa shape index (κ2) is 9.62. The molecule has 30 heavy (non-hydrogen) atoms. The lowest BCUT2D eigenvalue weighted by Crippen LogP contribution is -2.39. The highest BCUT2D eigenvalue weighted by atomic mass is 32.2. The van der Waals surface area contributed by atoms with Crippen LogP contribution in [0.5, 0.6) is 5.75 Å². The molecule has 162 valence electrons. The molecular weight excluding hydrogens is 400 g/mol. The molecule has 2 atom stereocenters. The van der Waals surface area contributed by atoms with Crippen molar-refractivity contribution in [1.29, 1.82) is 0 Å². The monoisotopic (exact) mass is 430 g/mol. The summed E-state index contributed by atoms with van der Waals surface area (Å²) >= 11 is 0. The smallest absolute Gasteiger partial charge is 0.261 e. The first kappa shape index (κ1) is 22.3. The summed E-state index contributed by atoms with van der Waals surface area (Å²) in [4.78, 5) is 12.9. The van der Waals surface area contributed by atoms with Crippen molar-refractivity contribution in [3.63, 3.8) is 0 Å². The van der Waals surface area contributed by atoms with E-state index in [2.05, 4.69) is 17.4 Å². The summed E-state index contributed by atoms with van der Waals surface area (Å²) in [6, 6.07) is 15.0. The Morgan fingerprint density at radius 1 is 1.10 bits per heavy atom. The van der Waals surface area contributed by atoms with Crippen molar-refractivity contribution in [3.8, 4) is 5.75 Å². The Morgan fingerprint density at radius 2 is 1.80 bits per heavy atom. The van der Waals surface area contributed by atoms with Crippen molar-refractivity contribution in [2.75, 3.05) is 19.6 Å². The number of hydrogen-bond donors (Lipinski definition) is 1. The molecule has 2 unspecified atom stereocenters. The molecule has 0 aliphatic carbocycles. The molecule has 1 aliphatic rings. The number of hydrogen-bond acceptors (Lipinski definition) is 4. The van der Waals surface area contributed by atoms with Crippen LogP contribution in [0.25, 0.3) is 0 Å².